The Morgan fingerprint density at radius 3 is 2.26 bits per heavy atom. The summed E-state index contributed by atoms with van der Waals surface area (Å²) in [6.07, 6.45) is 5.47. The van der Waals surface area contributed by atoms with Gasteiger partial charge in [0.1, 0.15) is 11.5 Å². The van der Waals surface area contributed by atoms with E-state index in [0.29, 0.717) is 17.1 Å². The fourth-order valence-corrected chi connectivity index (χ4v) is 5.42. The second-order valence-electron chi connectivity index (χ2n) is 10.4. The van der Waals surface area contributed by atoms with Gasteiger partial charge in [-0.2, -0.15) is 0 Å². The minimum absolute atomic E-state index is 0.0486. The Labute approximate surface area is 200 Å². The van der Waals surface area contributed by atoms with E-state index in [4.69, 9.17) is 9.97 Å². The minimum atomic E-state index is -0.294. The lowest BCUT2D eigenvalue weighted by molar-refractivity contribution is 0.133. The summed E-state index contributed by atoms with van der Waals surface area (Å²) in [5, 5.41) is 3.75. The monoisotopic (exact) mass is 455 g/mol. The Morgan fingerprint density at radius 2 is 1.56 bits per heavy atom. The van der Waals surface area contributed by atoms with Crippen LogP contribution in [0.15, 0.2) is 73.2 Å². The van der Waals surface area contributed by atoms with Crippen molar-refractivity contribution in [2.24, 2.45) is 0 Å². The molecule has 6 heteroatoms. The number of hydrogen-bond donors (Lipinski definition) is 1. The lowest BCUT2D eigenvalue weighted by atomic mass is 9.79. The van der Waals surface area contributed by atoms with Crippen LogP contribution in [-0.4, -0.2) is 30.6 Å². The lowest BCUT2D eigenvalue weighted by Crippen LogP contribution is -2.57. The average molecular weight is 456 g/mol. The van der Waals surface area contributed by atoms with Gasteiger partial charge < -0.3 is 9.88 Å². The van der Waals surface area contributed by atoms with Crippen molar-refractivity contribution in [3.8, 4) is 34.0 Å². The third kappa shape index (κ3) is 4.38. The number of halogens is 1. The van der Waals surface area contributed by atoms with Gasteiger partial charge in [-0.05, 0) is 58.7 Å². The summed E-state index contributed by atoms with van der Waals surface area (Å²) in [6, 6.07) is 18.8. The highest BCUT2D eigenvalue weighted by atomic mass is 19.1. The highest BCUT2D eigenvalue weighted by Gasteiger charge is 2.39. The Bertz CT molecular complexity index is 1290. The number of nitrogens with one attached hydrogen (secondary N) is 1. The molecule has 0 saturated carbocycles. The van der Waals surface area contributed by atoms with Crippen LogP contribution in [0.3, 0.4) is 0 Å². The summed E-state index contributed by atoms with van der Waals surface area (Å²) < 4.78 is 17.1. The topological polar surface area (TPSA) is 55.6 Å². The molecule has 1 fully saturated rings. The van der Waals surface area contributed by atoms with E-state index in [1.54, 1.807) is 18.3 Å². The van der Waals surface area contributed by atoms with Crippen LogP contribution in [0.25, 0.3) is 34.0 Å². The Kier molecular flexibility index (Phi) is 5.56. The van der Waals surface area contributed by atoms with Crippen LogP contribution >= 0.6 is 0 Å². The minimum Gasteiger partial charge on any atom is -0.326 e. The van der Waals surface area contributed by atoms with E-state index in [9.17, 15) is 4.39 Å². The largest absolute Gasteiger partial charge is 0.326 e. The molecule has 1 aliphatic rings. The van der Waals surface area contributed by atoms with Crippen molar-refractivity contribution in [1.29, 1.82) is 0 Å². The Morgan fingerprint density at radius 1 is 0.882 bits per heavy atom. The molecule has 0 aliphatic carbocycles. The molecule has 3 heterocycles. The van der Waals surface area contributed by atoms with Gasteiger partial charge in [-0.25, -0.2) is 19.3 Å². The predicted molar refractivity (Wildman–Crippen MR) is 134 cm³/mol. The van der Waals surface area contributed by atoms with Gasteiger partial charge in [-0.1, -0.05) is 42.5 Å². The van der Waals surface area contributed by atoms with E-state index >= 15 is 0 Å². The average Bonchev–Trinajstić information content (AvgIpc) is 3.23. The van der Waals surface area contributed by atoms with E-state index in [2.05, 4.69) is 42.6 Å². The highest BCUT2D eigenvalue weighted by Crippen LogP contribution is 2.41. The number of benzene rings is 2. The zero-order valence-electron chi connectivity index (χ0n) is 20.1. The molecule has 2 aromatic carbocycles. The molecule has 1 aliphatic heterocycles. The number of rotatable bonds is 4. The van der Waals surface area contributed by atoms with Crippen molar-refractivity contribution in [2.45, 2.75) is 57.7 Å². The van der Waals surface area contributed by atoms with E-state index in [0.717, 1.165) is 29.8 Å². The molecular formula is C28H30FN5. The van der Waals surface area contributed by atoms with Gasteiger partial charge in [0.2, 0.25) is 0 Å². The van der Waals surface area contributed by atoms with Crippen LogP contribution in [0, 0.1) is 5.82 Å². The summed E-state index contributed by atoms with van der Waals surface area (Å²) >= 11 is 0. The van der Waals surface area contributed by atoms with Crippen molar-refractivity contribution in [3.63, 3.8) is 0 Å². The smallest absolute Gasteiger partial charge is 0.159 e. The molecule has 4 aromatic rings. The third-order valence-corrected chi connectivity index (χ3v) is 6.41. The summed E-state index contributed by atoms with van der Waals surface area (Å²) in [5.41, 5.74) is 3.47. The zero-order valence-corrected chi connectivity index (χ0v) is 20.1. The summed E-state index contributed by atoms with van der Waals surface area (Å²) in [5.74, 6) is 0.341. The number of aromatic nitrogens is 4. The Balaban J connectivity index is 1.69. The van der Waals surface area contributed by atoms with Gasteiger partial charge >= 0.3 is 0 Å². The molecular weight excluding hydrogens is 425 g/mol. The quantitative estimate of drug-likeness (QED) is 0.393. The fourth-order valence-electron chi connectivity index (χ4n) is 5.42. The van der Waals surface area contributed by atoms with Crippen LogP contribution in [0.1, 0.15) is 46.6 Å². The first-order valence-corrected chi connectivity index (χ1v) is 11.7. The van der Waals surface area contributed by atoms with Crippen molar-refractivity contribution in [2.75, 3.05) is 0 Å². The number of piperidine rings is 1. The van der Waals surface area contributed by atoms with Gasteiger partial charge in [-0.3, -0.25) is 0 Å². The first-order chi connectivity index (χ1) is 16.2. The van der Waals surface area contributed by atoms with Gasteiger partial charge in [-0.15, -0.1) is 0 Å². The molecule has 0 radical (unpaired) electrons. The van der Waals surface area contributed by atoms with E-state index in [1.807, 2.05) is 48.8 Å². The molecule has 1 saturated heterocycles. The van der Waals surface area contributed by atoms with Crippen LogP contribution < -0.4 is 5.32 Å². The van der Waals surface area contributed by atoms with Gasteiger partial charge in [0, 0.05) is 34.4 Å². The zero-order chi connectivity index (χ0) is 23.9. The molecule has 0 atom stereocenters. The maximum Gasteiger partial charge on any atom is 0.159 e. The molecule has 0 bridgehead atoms. The molecule has 0 amide bonds. The van der Waals surface area contributed by atoms with Gasteiger partial charge in [0.05, 0.1) is 17.7 Å². The molecule has 0 spiro atoms. The van der Waals surface area contributed by atoms with E-state index in [1.165, 1.54) is 6.07 Å². The van der Waals surface area contributed by atoms with Gasteiger partial charge in [0.25, 0.3) is 0 Å². The van der Waals surface area contributed by atoms with E-state index < -0.39 is 0 Å². The molecule has 0 unspecified atom stereocenters. The molecule has 2 aromatic heterocycles. The Hall–Kier alpha value is -3.38. The fraction of sp³-hybridized carbons (Fsp3) is 0.321. The van der Waals surface area contributed by atoms with E-state index in [-0.39, 0.29) is 22.9 Å². The molecule has 5 nitrogen and oxygen atoms in total. The van der Waals surface area contributed by atoms with Gasteiger partial charge in [0.15, 0.2) is 5.82 Å². The second kappa shape index (κ2) is 8.44. The lowest BCUT2D eigenvalue weighted by Gasteiger charge is -2.47. The van der Waals surface area contributed by atoms with Crippen molar-refractivity contribution in [3.05, 3.63) is 79.0 Å². The summed E-state index contributed by atoms with van der Waals surface area (Å²) in [4.78, 5) is 14.2. The standard InChI is InChI=1S/C28H30FN5/c1-27(2)16-20(17-28(3,4)33-27)34-18-31-24(21-12-8-9-13-22(21)29)25(34)23-14-15-30-26(32-23)19-10-6-5-7-11-19/h5-15,18,20,33H,16-17H2,1-4H3. The SMILES string of the molecule is CC1(C)CC(n2cnc(-c3ccccc3F)c2-c2ccnc(-c3ccccc3)n2)CC(C)(C)N1. The predicted octanol–water partition coefficient (Wildman–Crippen LogP) is 6.29. The third-order valence-electron chi connectivity index (χ3n) is 6.41. The van der Waals surface area contributed by atoms with Crippen molar-refractivity contribution >= 4 is 0 Å². The molecule has 34 heavy (non-hydrogen) atoms. The van der Waals surface area contributed by atoms with Crippen LogP contribution in [-0.2, 0) is 0 Å². The van der Waals surface area contributed by atoms with Crippen LogP contribution in [0.4, 0.5) is 4.39 Å². The number of hydrogen-bond acceptors (Lipinski definition) is 4. The first-order valence-electron chi connectivity index (χ1n) is 11.7. The highest BCUT2D eigenvalue weighted by molar-refractivity contribution is 5.78. The first kappa shape index (κ1) is 22.4. The van der Waals surface area contributed by atoms with Crippen LogP contribution in [0.2, 0.25) is 0 Å². The maximum absolute atomic E-state index is 14.9. The molecule has 5 rings (SSSR count). The number of nitrogens with zero attached hydrogens (tertiary/aromatic N) is 4. The molecule has 1 N–H and O–H groups in total. The van der Waals surface area contributed by atoms with Crippen LogP contribution in [0.5, 0.6) is 0 Å². The summed E-state index contributed by atoms with van der Waals surface area (Å²) in [6.45, 7) is 8.92. The second-order valence-corrected chi connectivity index (χ2v) is 10.4. The number of imidazole rings is 1. The molecule has 174 valence electrons. The van der Waals surface area contributed by atoms with Crippen molar-refractivity contribution < 1.29 is 4.39 Å². The summed E-state index contributed by atoms with van der Waals surface area (Å²) in [7, 11) is 0. The van der Waals surface area contributed by atoms with Crippen molar-refractivity contribution in [1.82, 2.24) is 24.8 Å². The normalized spacial score (nSPS) is 17.6. The maximum atomic E-state index is 14.9.